The quantitative estimate of drug-likeness (QED) is 0.158. The van der Waals surface area contributed by atoms with Crippen molar-refractivity contribution in [2.24, 2.45) is 0 Å². The molecule has 11 heteroatoms. The van der Waals surface area contributed by atoms with Crippen LogP contribution in [-0.2, 0) is 14.9 Å². The van der Waals surface area contributed by atoms with E-state index in [1.54, 1.807) is 41.5 Å². The third-order valence-electron chi connectivity index (χ3n) is 6.34. The third-order valence-corrected chi connectivity index (χ3v) is 6.61. The fraction of sp³-hybridized carbons (Fsp3) is 0.441. The Labute approximate surface area is 269 Å². The van der Waals surface area contributed by atoms with Crippen molar-refractivity contribution in [1.29, 1.82) is 0 Å². The highest BCUT2D eigenvalue weighted by Crippen LogP contribution is 2.35. The van der Waals surface area contributed by atoms with E-state index in [0.29, 0.717) is 41.7 Å². The van der Waals surface area contributed by atoms with Gasteiger partial charge < -0.3 is 19.2 Å². The maximum Gasteiger partial charge on any atom is 0.425 e. The number of benzene rings is 2. The Balaban J connectivity index is 1.95. The van der Waals surface area contributed by atoms with Crippen LogP contribution in [0, 0.1) is 0 Å². The van der Waals surface area contributed by atoms with Crippen molar-refractivity contribution < 1.29 is 23.8 Å². The lowest BCUT2D eigenvalue weighted by molar-refractivity contribution is 0.0429. The normalized spacial score (nSPS) is 12.2. The minimum absolute atomic E-state index is 0.0897. The average molecular weight is 636 g/mol. The number of aromatic amines is 1. The van der Waals surface area contributed by atoms with Crippen LogP contribution in [0.4, 0.5) is 15.4 Å². The van der Waals surface area contributed by atoms with Crippen LogP contribution in [-0.4, -0.2) is 55.8 Å². The number of alkyl halides is 1. The zero-order chi connectivity index (χ0) is 33.2. The Kier molecular flexibility index (Phi) is 9.77. The first kappa shape index (κ1) is 33.7. The fourth-order valence-electron chi connectivity index (χ4n) is 4.45. The first-order valence-corrected chi connectivity index (χ1v) is 15.4. The Bertz CT molecular complexity index is 1650. The molecule has 2 aromatic heterocycles. The number of nitrogens with zero attached hydrogens (tertiary/aromatic N) is 4. The van der Waals surface area contributed by atoms with E-state index < -0.39 is 23.4 Å². The summed E-state index contributed by atoms with van der Waals surface area (Å²) in [5, 5.41) is 0. The number of imidazole rings is 1. The van der Waals surface area contributed by atoms with Crippen molar-refractivity contribution in [3.05, 3.63) is 54.2 Å². The van der Waals surface area contributed by atoms with E-state index >= 15 is 0 Å². The molecule has 0 atom stereocenters. The van der Waals surface area contributed by atoms with E-state index in [2.05, 4.69) is 30.7 Å². The zero-order valence-corrected chi connectivity index (χ0v) is 28.2. The van der Waals surface area contributed by atoms with Crippen LogP contribution in [0.5, 0.6) is 5.75 Å². The summed E-state index contributed by atoms with van der Waals surface area (Å²) in [6, 6.07) is 13.3. The van der Waals surface area contributed by atoms with Crippen LogP contribution in [0.2, 0.25) is 0 Å². The number of imide groups is 1. The van der Waals surface area contributed by atoms with Crippen molar-refractivity contribution >= 4 is 40.6 Å². The maximum atomic E-state index is 13.6. The van der Waals surface area contributed by atoms with Crippen molar-refractivity contribution in [1.82, 2.24) is 19.9 Å². The molecule has 2 aromatic carbocycles. The molecule has 45 heavy (non-hydrogen) atoms. The van der Waals surface area contributed by atoms with Gasteiger partial charge in [-0.3, -0.25) is 0 Å². The lowest BCUT2D eigenvalue weighted by atomic mass is 9.86. The highest BCUT2D eigenvalue weighted by Gasteiger charge is 2.37. The molecular weight excluding hydrogens is 594 g/mol. The summed E-state index contributed by atoms with van der Waals surface area (Å²) in [5.74, 6) is 1.37. The van der Waals surface area contributed by atoms with Gasteiger partial charge in [-0.15, -0.1) is 11.6 Å². The fourth-order valence-corrected chi connectivity index (χ4v) is 4.56. The Hall–Kier alpha value is -4.18. The number of para-hydroxylation sites is 1. The highest BCUT2D eigenvalue weighted by molar-refractivity contribution is 6.17. The molecule has 0 aliphatic carbocycles. The van der Waals surface area contributed by atoms with E-state index in [4.69, 9.17) is 35.8 Å². The summed E-state index contributed by atoms with van der Waals surface area (Å²) in [5.41, 5.74) is 1.87. The van der Waals surface area contributed by atoms with E-state index in [1.165, 1.54) is 6.20 Å². The van der Waals surface area contributed by atoms with Crippen molar-refractivity contribution in [2.45, 2.75) is 85.4 Å². The first-order chi connectivity index (χ1) is 21.0. The smallest absolute Gasteiger partial charge is 0.425 e. The van der Waals surface area contributed by atoms with Gasteiger partial charge in [0, 0.05) is 11.4 Å². The van der Waals surface area contributed by atoms with Gasteiger partial charge >= 0.3 is 12.2 Å². The van der Waals surface area contributed by atoms with Gasteiger partial charge in [0.05, 0.1) is 29.5 Å². The number of hydrogen-bond donors (Lipinski definition) is 1. The van der Waals surface area contributed by atoms with Gasteiger partial charge in [-0.05, 0) is 77.1 Å². The predicted octanol–water partition coefficient (Wildman–Crippen LogP) is 8.67. The summed E-state index contributed by atoms with van der Waals surface area (Å²) >= 11 is 5.81. The minimum Gasteiger partial charge on any atom is -0.494 e. The topological polar surface area (TPSA) is 120 Å². The second-order valence-corrected chi connectivity index (χ2v) is 14.1. The third kappa shape index (κ3) is 8.51. The van der Waals surface area contributed by atoms with Crippen molar-refractivity contribution in [3.8, 4) is 28.5 Å². The molecule has 0 radical (unpaired) electrons. The van der Waals surface area contributed by atoms with Crippen LogP contribution >= 0.6 is 11.6 Å². The molecule has 2 heterocycles. The molecular formula is C34H42ClN5O5. The van der Waals surface area contributed by atoms with Crippen LogP contribution in [0.1, 0.15) is 74.3 Å². The number of nitrogens with one attached hydrogen (secondary N) is 1. The van der Waals surface area contributed by atoms with E-state index in [0.717, 1.165) is 21.5 Å². The molecule has 2 amide bonds. The number of amides is 2. The molecule has 4 aromatic rings. The molecule has 1 N–H and O–H groups in total. The van der Waals surface area contributed by atoms with Gasteiger partial charge in [0.15, 0.2) is 11.6 Å². The molecule has 4 rings (SSSR count). The van der Waals surface area contributed by atoms with Gasteiger partial charge in [0.25, 0.3) is 0 Å². The molecule has 240 valence electrons. The number of halogens is 1. The Morgan fingerprint density at radius 1 is 0.889 bits per heavy atom. The number of hydrogen-bond acceptors (Lipinski definition) is 8. The Morgan fingerprint density at radius 3 is 2.13 bits per heavy atom. The van der Waals surface area contributed by atoms with Gasteiger partial charge in [-0.2, -0.15) is 4.90 Å². The number of ether oxygens (including phenoxy) is 3. The van der Waals surface area contributed by atoms with Crippen molar-refractivity contribution in [2.75, 3.05) is 17.4 Å². The number of rotatable bonds is 7. The molecule has 0 fully saturated rings. The molecule has 0 aliphatic heterocycles. The van der Waals surface area contributed by atoms with Crippen LogP contribution < -0.4 is 9.64 Å². The number of carbonyl (C=O) groups excluding carboxylic acids is 2. The summed E-state index contributed by atoms with van der Waals surface area (Å²) in [6.45, 7) is 17.1. The lowest BCUT2D eigenvalue weighted by Crippen LogP contribution is -2.44. The standard InChI is InChI=1S/C34H42ClN5O5/c1-32(2,3)23-15-11-16-24-26(23)39-28(38-24)27-29(40(30(41)44-33(4,5)6)31(42)45-34(7,8)9)36-20-25(37-27)21-13-10-14-22(19-21)43-18-12-17-35/h10-11,13-16,19-20H,12,17-18H2,1-9H3,(H,38,39). The van der Waals surface area contributed by atoms with Gasteiger partial charge in [-0.1, -0.05) is 45.0 Å². The molecule has 0 spiro atoms. The highest BCUT2D eigenvalue weighted by atomic mass is 35.5. The van der Waals surface area contributed by atoms with E-state index in [1.807, 2.05) is 42.5 Å². The number of carbonyl (C=O) groups is 2. The average Bonchev–Trinajstić information content (AvgIpc) is 3.35. The second kappa shape index (κ2) is 13.0. The number of fused-ring (bicyclic) bond motifs is 1. The van der Waals surface area contributed by atoms with Crippen LogP contribution in [0.25, 0.3) is 33.8 Å². The monoisotopic (exact) mass is 635 g/mol. The van der Waals surface area contributed by atoms with Crippen LogP contribution in [0.3, 0.4) is 0 Å². The van der Waals surface area contributed by atoms with E-state index in [9.17, 15) is 9.59 Å². The number of H-pyrrole nitrogens is 1. The summed E-state index contributed by atoms with van der Waals surface area (Å²) in [6.07, 6.45) is 0.280. The van der Waals surface area contributed by atoms with E-state index in [-0.39, 0.29) is 16.9 Å². The summed E-state index contributed by atoms with van der Waals surface area (Å²) in [7, 11) is 0. The molecule has 0 unspecified atom stereocenters. The largest absolute Gasteiger partial charge is 0.494 e. The second-order valence-electron chi connectivity index (χ2n) is 13.7. The lowest BCUT2D eigenvalue weighted by Gasteiger charge is -2.28. The zero-order valence-electron chi connectivity index (χ0n) is 27.4. The molecule has 0 bridgehead atoms. The van der Waals surface area contributed by atoms with Crippen LogP contribution in [0.15, 0.2) is 48.7 Å². The SMILES string of the molecule is CC(C)(C)OC(=O)N(C(=O)OC(C)(C)C)c1ncc(-c2cccc(OCCCCl)c2)nc1-c1nc2c(C(C)(C)C)cccc2[nH]1. The van der Waals surface area contributed by atoms with Gasteiger partial charge in [-0.25, -0.2) is 24.5 Å². The summed E-state index contributed by atoms with van der Waals surface area (Å²) < 4.78 is 17.1. The molecule has 10 nitrogen and oxygen atoms in total. The number of anilines is 1. The van der Waals surface area contributed by atoms with Gasteiger partial charge in [0.2, 0.25) is 0 Å². The van der Waals surface area contributed by atoms with Gasteiger partial charge in [0.1, 0.15) is 22.6 Å². The molecule has 0 saturated carbocycles. The number of aromatic nitrogens is 4. The first-order valence-electron chi connectivity index (χ1n) is 14.9. The minimum atomic E-state index is -0.957. The predicted molar refractivity (Wildman–Crippen MR) is 177 cm³/mol. The Morgan fingerprint density at radius 2 is 1.53 bits per heavy atom. The summed E-state index contributed by atoms with van der Waals surface area (Å²) in [4.78, 5) is 45.9. The molecule has 0 saturated heterocycles. The van der Waals surface area contributed by atoms with Crippen molar-refractivity contribution in [3.63, 3.8) is 0 Å². The molecule has 0 aliphatic rings. The maximum absolute atomic E-state index is 13.6.